The van der Waals surface area contributed by atoms with Crippen molar-refractivity contribution in [2.24, 2.45) is 0 Å². The molecule has 1 aliphatic carbocycles. The molecule has 19 heavy (non-hydrogen) atoms. The molecule has 0 aliphatic heterocycles. The Bertz CT molecular complexity index is 360. The fraction of sp³-hybridized carbons (Fsp3) is 0.625. The van der Waals surface area contributed by atoms with E-state index in [2.05, 4.69) is 64.3 Å². The third-order valence-corrected chi connectivity index (χ3v) is 5.96. The molecule has 0 saturated heterocycles. The van der Waals surface area contributed by atoms with Gasteiger partial charge in [-0.3, -0.25) is 0 Å². The van der Waals surface area contributed by atoms with Crippen molar-refractivity contribution in [3.8, 4) is 0 Å². The minimum Gasteiger partial charge on any atom is -0.316 e. The zero-order valence-electron chi connectivity index (χ0n) is 11.7. The van der Waals surface area contributed by atoms with Gasteiger partial charge in [0, 0.05) is 21.5 Å². The van der Waals surface area contributed by atoms with Crippen LogP contribution in [-0.2, 0) is 6.42 Å². The second-order valence-electron chi connectivity index (χ2n) is 5.41. The molecule has 1 unspecified atom stereocenters. The molecule has 1 saturated carbocycles. The molecule has 0 aromatic heterocycles. The first kappa shape index (κ1) is 15.4. The Morgan fingerprint density at radius 3 is 2.53 bits per heavy atom. The number of benzene rings is 1. The van der Waals surface area contributed by atoms with Gasteiger partial charge in [-0.15, -0.1) is 0 Å². The summed E-state index contributed by atoms with van der Waals surface area (Å²) in [5.41, 5.74) is 1.42. The molecule has 1 N–H and O–H groups in total. The number of thioether (sulfide) groups is 1. The van der Waals surface area contributed by atoms with Crippen LogP contribution in [0.2, 0.25) is 0 Å². The van der Waals surface area contributed by atoms with E-state index >= 15 is 0 Å². The van der Waals surface area contributed by atoms with Crippen molar-refractivity contribution in [2.45, 2.75) is 49.8 Å². The standard InChI is InChI=1S/C16H24BrNS/c1-18-15(11-13-7-9-14(17)10-8-13)12-19-16-5-3-2-4-6-16/h7-10,15-16,18H,2-6,11-12H2,1H3. The minimum absolute atomic E-state index is 0.591. The Morgan fingerprint density at radius 1 is 1.21 bits per heavy atom. The number of nitrogens with one attached hydrogen (secondary N) is 1. The summed E-state index contributed by atoms with van der Waals surface area (Å²) in [6.07, 6.45) is 8.32. The van der Waals surface area contributed by atoms with Crippen molar-refractivity contribution in [1.82, 2.24) is 5.32 Å². The molecule has 2 rings (SSSR count). The highest BCUT2D eigenvalue weighted by atomic mass is 79.9. The Balaban J connectivity index is 1.77. The molecule has 1 nitrogen and oxygen atoms in total. The summed E-state index contributed by atoms with van der Waals surface area (Å²) < 4.78 is 1.16. The molecule has 106 valence electrons. The minimum atomic E-state index is 0.591. The number of hydrogen-bond acceptors (Lipinski definition) is 2. The molecule has 3 heteroatoms. The zero-order chi connectivity index (χ0) is 13.5. The summed E-state index contributed by atoms with van der Waals surface area (Å²) in [7, 11) is 2.09. The largest absolute Gasteiger partial charge is 0.316 e. The van der Waals surface area contributed by atoms with Gasteiger partial charge in [0.25, 0.3) is 0 Å². The third kappa shape index (κ3) is 5.49. The van der Waals surface area contributed by atoms with Gasteiger partial charge in [-0.1, -0.05) is 47.3 Å². The second kappa shape index (κ2) is 8.33. The van der Waals surface area contributed by atoms with Gasteiger partial charge in [0.15, 0.2) is 0 Å². The average Bonchev–Trinajstić information content (AvgIpc) is 2.46. The number of rotatable bonds is 6. The van der Waals surface area contributed by atoms with Crippen LogP contribution in [0.1, 0.15) is 37.7 Å². The average molecular weight is 342 g/mol. The highest BCUT2D eigenvalue weighted by Gasteiger charge is 2.16. The van der Waals surface area contributed by atoms with Crippen LogP contribution in [0.25, 0.3) is 0 Å². The van der Waals surface area contributed by atoms with Crippen molar-refractivity contribution in [2.75, 3.05) is 12.8 Å². The maximum Gasteiger partial charge on any atom is 0.0195 e. The Morgan fingerprint density at radius 2 is 1.89 bits per heavy atom. The number of halogens is 1. The fourth-order valence-corrected chi connectivity index (χ4v) is 4.35. The molecule has 1 atom stereocenters. The first-order valence-corrected chi connectivity index (χ1v) is 9.15. The quantitative estimate of drug-likeness (QED) is 0.808. The van der Waals surface area contributed by atoms with Gasteiger partial charge in [0.05, 0.1) is 0 Å². The summed E-state index contributed by atoms with van der Waals surface area (Å²) in [4.78, 5) is 0. The van der Waals surface area contributed by atoms with Crippen LogP contribution in [0, 0.1) is 0 Å². The maximum atomic E-state index is 3.49. The molecule has 0 bridgehead atoms. The molecule has 0 spiro atoms. The second-order valence-corrected chi connectivity index (χ2v) is 7.66. The van der Waals surface area contributed by atoms with Crippen LogP contribution < -0.4 is 5.32 Å². The van der Waals surface area contributed by atoms with E-state index in [4.69, 9.17) is 0 Å². The smallest absolute Gasteiger partial charge is 0.0195 e. The first-order chi connectivity index (χ1) is 9.28. The third-order valence-electron chi connectivity index (χ3n) is 3.89. The van der Waals surface area contributed by atoms with Gasteiger partial charge < -0.3 is 5.32 Å². The predicted octanol–water partition coefficient (Wildman–Crippen LogP) is 4.65. The predicted molar refractivity (Wildman–Crippen MR) is 90.0 cm³/mol. The fourth-order valence-electron chi connectivity index (χ4n) is 2.63. The summed E-state index contributed by atoms with van der Waals surface area (Å²) in [5, 5.41) is 4.38. The van der Waals surface area contributed by atoms with Crippen LogP contribution in [0.15, 0.2) is 28.7 Å². The van der Waals surface area contributed by atoms with Gasteiger partial charge in [0.2, 0.25) is 0 Å². The van der Waals surface area contributed by atoms with Crippen LogP contribution in [-0.4, -0.2) is 24.1 Å². The number of likely N-dealkylation sites (N-methyl/N-ethyl adjacent to an activating group) is 1. The van der Waals surface area contributed by atoms with E-state index < -0.39 is 0 Å². The van der Waals surface area contributed by atoms with E-state index in [1.807, 2.05) is 0 Å². The zero-order valence-corrected chi connectivity index (χ0v) is 14.1. The molecular weight excluding hydrogens is 318 g/mol. The number of hydrogen-bond donors (Lipinski definition) is 1. The molecule has 0 radical (unpaired) electrons. The highest BCUT2D eigenvalue weighted by Crippen LogP contribution is 2.28. The van der Waals surface area contributed by atoms with Gasteiger partial charge in [-0.25, -0.2) is 0 Å². The normalized spacial score (nSPS) is 18.4. The summed E-state index contributed by atoms with van der Waals surface area (Å²) >= 11 is 5.67. The van der Waals surface area contributed by atoms with Gasteiger partial charge in [-0.2, -0.15) is 11.8 Å². The van der Waals surface area contributed by atoms with Crippen molar-refractivity contribution >= 4 is 27.7 Å². The molecule has 1 fully saturated rings. The lowest BCUT2D eigenvalue weighted by Crippen LogP contribution is -2.31. The molecular formula is C16H24BrNS. The van der Waals surface area contributed by atoms with E-state index in [-0.39, 0.29) is 0 Å². The Kier molecular flexibility index (Phi) is 6.75. The Hall–Kier alpha value is 0.01000. The summed E-state index contributed by atoms with van der Waals surface area (Å²) in [5.74, 6) is 1.23. The van der Waals surface area contributed by atoms with Gasteiger partial charge in [-0.05, 0) is 44.0 Å². The summed E-state index contributed by atoms with van der Waals surface area (Å²) in [6, 6.07) is 9.31. The highest BCUT2D eigenvalue weighted by molar-refractivity contribution is 9.10. The Labute approximate surface area is 130 Å². The van der Waals surface area contributed by atoms with Crippen molar-refractivity contribution in [3.63, 3.8) is 0 Å². The van der Waals surface area contributed by atoms with Crippen LogP contribution in [0.3, 0.4) is 0 Å². The van der Waals surface area contributed by atoms with Gasteiger partial charge >= 0.3 is 0 Å². The van der Waals surface area contributed by atoms with E-state index in [1.54, 1.807) is 0 Å². The van der Waals surface area contributed by atoms with E-state index in [0.29, 0.717) is 6.04 Å². The van der Waals surface area contributed by atoms with E-state index in [0.717, 1.165) is 16.1 Å². The maximum absolute atomic E-state index is 3.49. The van der Waals surface area contributed by atoms with Crippen LogP contribution in [0.4, 0.5) is 0 Å². The van der Waals surface area contributed by atoms with Crippen LogP contribution >= 0.6 is 27.7 Å². The van der Waals surface area contributed by atoms with Gasteiger partial charge in [0.1, 0.15) is 0 Å². The monoisotopic (exact) mass is 341 g/mol. The lowest BCUT2D eigenvalue weighted by atomic mass is 10.0. The van der Waals surface area contributed by atoms with Crippen molar-refractivity contribution < 1.29 is 0 Å². The van der Waals surface area contributed by atoms with E-state index in [1.165, 1.54) is 43.4 Å². The molecule has 0 amide bonds. The molecule has 1 aromatic rings. The lowest BCUT2D eigenvalue weighted by Gasteiger charge is -2.24. The van der Waals surface area contributed by atoms with Crippen molar-refractivity contribution in [3.05, 3.63) is 34.3 Å². The molecule has 0 heterocycles. The molecule has 1 aliphatic rings. The summed E-state index contributed by atoms with van der Waals surface area (Å²) in [6.45, 7) is 0. The topological polar surface area (TPSA) is 12.0 Å². The first-order valence-electron chi connectivity index (χ1n) is 7.31. The SMILES string of the molecule is CNC(CSC1CCCCC1)Cc1ccc(Br)cc1. The van der Waals surface area contributed by atoms with E-state index in [9.17, 15) is 0 Å². The molecule has 1 aromatic carbocycles. The van der Waals surface area contributed by atoms with Crippen LogP contribution in [0.5, 0.6) is 0 Å². The lowest BCUT2D eigenvalue weighted by molar-refractivity contribution is 0.514. The van der Waals surface area contributed by atoms with Crippen molar-refractivity contribution in [1.29, 1.82) is 0 Å².